The number of benzene rings is 1. The van der Waals surface area contributed by atoms with Crippen LogP contribution in [0, 0.1) is 0 Å². The maximum atomic E-state index is 12.9. The maximum absolute atomic E-state index is 12.9. The second kappa shape index (κ2) is 11.3. The number of ether oxygens (including phenoxy) is 2. The van der Waals surface area contributed by atoms with E-state index in [1.54, 1.807) is 0 Å². The monoisotopic (exact) mass is 467 g/mol. The lowest BCUT2D eigenvalue weighted by Gasteiger charge is -2.24. The Morgan fingerprint density at radius 1 is 1.25 bits per heavy atom. The first kappa shape index (κ1) is 25.0. The number of nitrogens with one attached hydrogen (secondary N) is 1. The highest BCUT2D eigenvalue weighted by Gasteiger charge is 2.25. The Bertz CT molecular complexity index is 1100. The molecular formula is C20H26ClN5O6. The van der Waals surface area contributed by atoms with Crippen molar-refractivity contribution in [3.05, 3.63) is 49.6 Å². The molecule has 1 amide bonds. The van der Waals surface area contributed by atoms with Gasteiger partial charge in [0.25, 0.3) is 11.5 Å². The van der Waals surface area contributed by atoms with Crippen LogP contribution in [0.2, 0.25) is 5.02 Å². The lowest BCUT2D eigenvalue weighted by molar-refractivity contribution is -0.121. The standard InChI is InChI=1S/C20H26ClN5O6/c1-3-4-7-26-17(23)16(18(28)24-20(26)30)25(8-9-31-2)15(27)11-32-19(29)13-10-12(21)5-6-14(13)22/h5-6,10H,3-4,7-9,11,22-23H2,1-2H3,(H,24,28,30). The molecule has 12 heteroatoms. The van der Waals surface area contributed by atoms with Gasteiger partial charge in [0.05, 0.1) is 12.2 Å². The smallest absolute Gasteiger partial charge is 0.340 e. The predicted molar refractivity (Wildman–Crippen MR) is 121 cm³/mol. The number of nitrogen functional groups attached to an aromatic ring is 2. The molecule has 0 aliphatic heterocycles. The van der Waals surface area contributed by atoms with Crippen molar-refractivity contribution in [3.8, 4) is 0 Å². The average molecular weight is 468 g/mol. The normalized spacial score (nSPS) is 10.7. The Labute approximate surface area is 188 Å². The summed E-state index contributed by atoms with van der Waals surface area (Å²) >= 11 is 5.88. The summed E-state index contributed by atoms with van der Waals surface area (Å²) in [6.07, 6.45) is 1.43. The highest BCUT2D eigenvalue weighted by atomic mass is 35.5. The lowest BCUT2D eigenvalue weighted by atomic mass is 10.2. The van der Waals surface area contributed by atoms with Crippen LogP contribution in [0.1, 0.15) is 30.1 Å². The number of nitrogens with two attached hydrogens (primary N) is 2. The number of unbranched alkanes of at least 4 members (excludes halogenated alkanes) is 1. The number of aromatic nitrogens is 2. The summed E-state index contributed by atoms with van der Waals surface area (Å²) in [5, 5.41) is 0.271. The summed E-state index contributed by atoms with van der Waals surface area (Å²) < 4.78 is 11.3. The van der Waals surface area contributed by atoms with Crippen molar-refractivity contribution in [2.75, 3.05) is 43.2 Å². The molecule has 0 saturated carbocycles. The molecule has 0 fully saturated rings. The van der Waals surface area contributed by atoms with E-state index in [9.17, 15) is 19.2 Å². The summed E-state index contributed by atoms with van der Waals surface area (Å²) in [4.78, 5) is 53.1. The minimum Gasteiger partial charge on any atom is -0.452 e. The van der Waals surface area contributed by atoms with Crippen LogP contribution >= 0.6 is 11.6 Å². The minimum absolute atomic E-state index is 0.000724. The Morgan fingerprint density at radius 2 is 1.97 bits per heavy atom. The van der Waals surface area contributed by atoms with E-state index in [1.807, 2.05) is 6.92 Å². The summed E-state index contributed by atoms with van der Waals surface area (Å²) in [7, 11) is 1.42. The first-order valence-corrected chi connectivity index (χ1v) is 10.2. The van der Waals surface area contributed by atoms with Crippen molar-refractivity contribution >= 4 is 40.7 Å². The van der Waals surface area contributed by atoms with E-state index in [0.29, 0.717) is 6.42 Å². The first-order valence-electron chi connectivity index (χ1n) is 9.85. The van der Waals surface area contributed by atoms with Crippen molar-refractivity contribution in [1.29, 1.82) is 0 Å². The van der Waals surface area contributed by atoms with Crippen LogP contribution in [-0.2, 0) is 20.8 Å². The highest BCUT2D eigenvalue weighted by molar-refractivity contribution is 6.31. The first-order chi connectivity index (χ1) is 15.2. The Kier molecular flexibility index (Phi) is 8.85. The van der Waals surface area contributed by atoms with Crippen molar-refractivity contribution in [3.63, 3.8) is 0 Å². The number of H-pyrrole nitrogens is 1. The molecule has 32 heavy (non-hydrogen) atoms. The molecule has 0 unspecified atom stereocenters. The van der Waals surface area contributed by atoms with Crippen molar-refractivity contribution in [2.45, 2.75) is 26.3 Å². The highest BCUT2D eigenvalue weighted by Crippen LogP contribution is 2.20. The molecule has 5 N–H and O–H groups in total. The van der Waals surface area contributed by atoms with Gasteiger partial charge >= 0.3 is 11.7 Å². The van der Waals surface area contributed by atoms with Gasteiger partial charge in [0.2, 0.25) is 0 Å². The Morgan fingerprint density at radius 3 is 2.62 bits per heavy atom. The van der Waals surface area contributed by atoms with Gasteiger partial charge in [-0.2, -0.15) is 0 Å². The SMILES string of the molecule is CCCCn1c(N)c(N(CCOC)C(=O)COC(=O)c2cc(Cl)ccc2N)c(=O)[nH]c1=O. The topological polar surface area (TPSA) is 163 Å². The Balaban J connectivity index is 2.32. The van der Waals surface area contributed by atoms with Gasteiger partial charge in [-0.1, -0.05) is 24.9 Å². The number of hydrogen-bond donors (Lipinski definition) is 3. The van der Waals surface area contributed by atoms with Gasteiger partial charge in [-0.25, -0.2) is 9.59 Å². The van der Waals surface area contributed by atoms with Crippen LogP contribution in [-0.4, -0.2) is 48.3 Å². The van der Waals surface area contributed by atoms with Gasteiger partial charge in [0.15, 0.2) is 12.3 Å². The summed E-state index contributed by atoms with van der Waals surface area (Å²) in [6.45, 7) is 1.49. The fourth-order valence-corrected chi connectivity index (χ4v) is 3.08. The second-order valence-corrected chi connectivity index (χ2v) is 7.28. The third kappa shape index (κ3) is 5.89. The number of hydrogen-bond acceptors (Lipinski definition) is 8. The maximum Gasteiger partial charge on any atom is 0.340 e. The van der Waals surface area contributed by atoms with Crippen LogP contribution in [0.5, 0.6) is 0 Å². The molecule has 1 heterocycles. The van der Waals surface area contributed by atoms with Gasteiger partial charge < -0.3 is 20.9 Å². The summed E-state index contributed by atoms with van der Waals surface area (Å²) in [6, 6.07) is 4.26. The minimum atomic E-state index is -0.861. The molecule has 0 spiro atoms. The van der Waals surface area contributed by atoms with Gasteiger partial charge in [0.1, 0.15) is 5.82 Å². The van der Waals surface area contributed by atoms with E-state index in [4.69, 9.17) is 32.5 Å². The lowest BCUT2D eigenvalue weighted by Crippen LogP contribution is -2.44. The fourth-order valence-electron chi connectivity index (χ4n) is 2.91. The quantitative estimate of drug-likeness (QED) is 0.344. The molecule has 0 aliphatic carbocycles. The van der Waals surface area contributed by atoms with Crippen molar-refractivity contribution in [2.24, 2.45) is 0 Å². The molecule has 2 rings (SSSR count). The van der Waals surface area contributed by atoms with E-state index in [1.165, 1.54) is 29.9 Å². The number of rotatable bonds is 10. The van der Waals surface area contributed by atoms with Crippen LogP contribution in [0.15, 0.2) is 27.8 Å². The van der Waals surface area contributed by atoms with E-state index in [0.717, 1.165) is 11.3 Å². The molecule has 0 aliphatic rings. The number of esters is 1. The summed E-state index contributed by atoms with van der Waals surface area (Å²) in [5.41, 5.74) is 10.2. The summed E-state index contributed by atoms with van der Waals surface area (Å²) in [5.74, 6) is -1.77. The molecule has 0 atom stereocenters. The zero-order valence-corrected chi connectivity index (χ0v) is 18.6. The fraction of sp³-hybridized carbons (Fsp3) is 0.400. The predicted octanol–water partition coefficient (Wildman–Crippen LogP) is 0.991. The molecule has 1 aromatic heterocycles. The number of amides is 1. The van der Waals surface area contributed by atoms with E-state index < -0.39 is 29.7 Å². The zero-order chi connectivity index (χ0) is 23.8. The number of carbonyl (C=O) groups excluding carboxylic acids is 2. The molecule has 0 saturated heterocycles. The second-order valence-electron chi connectivity index (χ2n) is 6.84. The van der Waals surface area contributed by atoms with Crippen molar-refractivity contribution < 1.29 is 19.1 Å². The Hall–Kier alpha value is -3.31. The van der Waals surface area contributed by atoms with Gasteiger partial charge in [0, 0.05) is 30.9 Å². The molecule has 11 nitrogen and oxygen atoms in total. The third-order valence-corrected chi connectivity index (χ3v) is 4.84. The largest absolute Gasteiger partial charge is 0.452 e. The van der Waals surface area contributed by atoms with Gasteiger partial charge in [-0.15, -0.1) is 0 Å². The zero-order valence-electron chi connectivity index (χ0n) is 17.9. The molecular weight excluding hydrogens is 442 g/mol. The van der Waals surface area contributed by atoms with Crippen molar-refractivity contribution in [1.82, 2.24) is 9.55 Å². The number of methoxy groups -OCH3 is 1. The molecule has 2 aromatic rings. The number of halogens is 1. The van der Waals surface area contributed by atoms with Crippen LogP contribution in [0.4, 0.5) is 17.2 Å². The van der Waals surface area contributed by atoms with E-state index in [-0.39, 0.29) is 47.5 Å². The molecule has 174 valence electrons. The average Bonchev–Trinajstić information content (AvgIpc) is 2.75. The van der Waals surface area contributed by atoms with Crippen LogP contribution in [0.3, 0.4) is 0 Å². The molecule has 0 radical (unpaired) electrons. The number of carbonyl (C=O) groups is 2. The molecule has 0 bridgehead atoms. The van der Waals surface area contributed by atoms with Gasteiger partial charge in [-0.05, 0) is 24.6 Å². The van der Waals surface area contributed by atoms with Crippen LogP contribution in [0.25, 0.3) is 0 Å². The third-order valence-electron chi connectivity index (χ3n) is 4.60. The van der Waals surface area contributed by atoms with Crippen LogP contribution < -0.4 is 27.6 Å². The molecule has 1 aromatic carbocycles. The number of nitrogens with zero attached hydrogens (tertiary/aromatic N) is 2. The number of anilines is 3. The van der Waals surface area contributed by atoms with E-state index in [2.05, 4.69) is 4.98 Å². The number of aromatic amines is 1. The van der Waals surface area contributed by atoms with Gasteiger partial charge in [-0.3, -0.25) is 24.0 Å². The van der Waals surface area contributed by atoms with E-state index >= 15 is 0 Å².